The van der Waals surface area contributed by atoms with Crippen LogP contribution in [-0.2, 0) is 24.2 Å². The molecule has 0 saturated heterocycles. The van der Waals surface area contributed by atoms with Crippen molar-refractivity contribution in [3.8, 4) is 5.75 Å². The van der Waals surface area contributed by atoms with Crippen LogP contribution in [0, 0.1) is 0 Å². The number of nitrogens with zero attached hydrogens (tertiary/aromatic N) is 2. The van der Waals surface area contributed by atoms with Gasteiger partial charge in [0.15, 0.2) is 5.13 Å². The molecular weight excluding hydrogens is 360 g/mol. The summed E-state index contributed by atoms with van der Waals surface area (Å²) in [6, 6.07) is 6.80. The van der Waals surface area contributed by atoms with Crippen LogP contribution in [0.1, 0.15) is 41.6 Å². The summed E-state index contributed by atoms with van der Waals surface area (Å²) in [7, 11) is 0. The minimum Gasteiger partial charge on any atom is -0.493 e. The highest BCUT2D eigenvalue weighted by Crippen LogP contribution is 2.29. The van der Waals surface area contributed by atoms with Crippen molar-refractivity contribution in [1.29, 1.82) is 0 Å². The maximum atomic E-state index is 11.5. The molecule has 0 spiro atoms. The van der Waals surface area contributed by atoms with E-state index < -0.39 is 0 Å². The minimum absolute atomic E-state index is 0.138. The second-order valence-electron chi connectivity index (χ2n) is 7.15. The lowest BCUT2D eigenvalue weighted by Crippen LogP contribution is -2.33. The Morgan fingerprint density at radius 1 is 1.37 bits per heavy atom. The van der Waals surface area contributed by atoms with Crippen molar-refractivity contribution in [2.45, 2.75) is 39.3 Å². The summed E-state index contributed by atoms with van der Waals surface area (Å²) in [6.07, 6.45) is 1.87. The van der Waals surface area contributed by atoms with E-state index in [9.17, 15) is 4.79 Å². The lowest BCUT2D eigenvalue weighted by Gasteiger charge is -2.24. The van der Waals surface area contributed by atoms with Gasteiger partial charge in [0.2, 0.25) is 5.91 Å². The normalized spacial score (nSPS) is 16.4. The smallest absolute Gasteiger partial charge is 0.219 e. The first-order valence-electron chi connectivity index (χ1n) is 9.57. The van der Waals surface area contributed by atoms with Gasteiger partial charge < -0.3 is 20.3 Å². The number of carbonyl (C=O) groups is 1. The molecule has 3 heterocycles. The first-order chi connectivity index (χ1) is 13.1. The number of anilines is 1. The molecule has 0 aliphatic carbocycles. The Labute approximate surface area is 163 Å². The van der Waals surface area contributed by atoms with E-state index in [4.69, 9.17) is 4.74 Å². The van der Waals surface area contributed by atoms with Gasteiger partial charge in [-0.1, -0.05) is 23.5 Å². The number of amides is 1. The first-order valence-corrected chi connectivity index (χ1v) is 10.4. The molecule has 4 rings (SSSR count). The molecule has 0 bridgehead atoms. The average molecular weight is 387 g/mol. The standard InChI is InChI=1S/C20H26N4O2S/c1-13(16-4-3-15-6-10-26-18(15)11-16)21-7-8-22-20-23-17-5-9-24(14(2)25)12-19(17)27-20/h3-4,11,13,21H,5-10,12H2,1-2H3,(H,22,23). The predicted molar refractivity (Wildman–Crippen MR) is 107 cm³/mol. The van der Waals surface area contributed by atoms with E-state index in [0.29, 0.717) is 6.54 Å². The molecule has 2 aliphatic rings. The number of thiazole rings is 1. The van der Waals surface area contributed by atoms with Crippen LogP contribution in [0.5, 0.6) is 5.75 Å². The van der Waals surface area contributed by atoms with Gasteiger partial charge in [0.1, 0.15) is 5.75 Å². The Balaban J connectivity index is 1.25. The van der Waals surface area contributed by atoms with Gasteiger partial charge in [-0.05, 0) is 24.1 Å². The topological polar surface area (TPSA) is 66.5 Å². The number of aromatic nitrogens is 1. The molecule has 0 radical (unpaired) electrons. The molecule has 0 saturated carbocycles. The molecule has 2 N–H and O–H groups in total. The minimum atomic E-state index is 0.138. The van der Waals surface area contributed by atoms with E-state index in [-0.39, 0.29) is 11.9 Å². The zero-order valence-electron chi connectivity index (χ0n) is 15.9. The molecule has 1 aromatic heterocycles. The van der Waals surface area contributed by atoms with E-state index >= 15 is 0 Å². The van der Waals surface area contributed by atoms with Crippen LogP contribution in [0.3, 0.4) is 0 Å². The molecule has 2 aromatic rings. The lowest BCUT2D eigenvalue weighted by atomic mass is 10.0. The molecule has 1 aromatic carbocycles. The maximum Gasteiger partial charge on any atom is 0.219 e. The molecule has 144 valence electrons. The van der Waals surface area contributed by atoms with Gasteiger partial charge in [-0.25, -0.2) is 4.98 Å². The summed E-state index contributed by atoms with van der Waals surface area (Å²) in [5.41, 5.74) is 3.70. The second-order valence-corrected chi connectivity index (χ2v) is 8.23. The van der Waals surface area contributed by atoms with Gasteiger partial charge in [0.25, 0.3) is 0 Å². The molecular formula is C20H26N4O2S. The van der Waals surface area contributed by atoms with E-state index in [1.807, 2.05) is 4.90 Å². The summed E-state index contributed by atoms with van der Waals surface area (Å²) >= 11 is 1.66. The van der Waals surface area contributed by atoms with Crippen molar-refractivity contribution in [2.24, 2.45) is 0 Å². The highest BCUT2D eigenvalue weighted by molar-refractivity contribution is 7.15. The largest absolute Gasteiger partial charge is 0.493 e. The molecule has 0 fully saturated rings. The molecule has 27 heavy (non-hydrogen) atoms. The molecule has 2 aliphatic heterocycles. The van der Waals surface area contributed by atoms with Crippen molar-refractivity contribution < 1.29 is 9.53 Å². The van der Waals surface area contributed by atoms with Gasteiger partial charge in [0, 0.05) is 50.3 Å². The second kappa shape index (κ2) is 7.86. The summed E-state index contributed by atoms with van der Waals surface area (Å²) in [5.74, 6) is 1.17. The Morgan fingerprint density at radius 2 is 2.26 bits per heavy atom. The highest BCUT2D eigenvalue weighted by Gasteiger charge is 2.22. The Kier molecular flexibility index (Phi) is 5.31. The van der Waals surface area contributed by atoms with Crippen molar-refractivity contribution in [1.82, 2.24) is 15.2 Å². The summed E-state index contributed by atoms with van der Waals surface area (Å²) in [4.78, 5) is 19.3. The number of ether oxygens (including phenoxy) is 1. The molecule has 1 unspecified atom stereocenters. The number of benzene rings is 1. The van der Waals surface area contributed by atoms with Crippen LogP contribution in [0.2, 0.25) is 0 Å². The van der Waals surface area contributed by atoms with E-state index in [2.05, 4.69) is 40.7 Å². The zero-order chi connectivity index (χ0) is 18.8. The number of carbonyl (C=O) groups excluding carboxylic acids is 1. The van der Waals surface area contributed by atoms with Crippen molar-refractivity contribution in [3.63, 3.8) is 0 Å². The van der Waals surface area contributed by atoms with E-state index in [1.165, 1.54) is 16.0 Å². The predicted octanol–water partition coefficient (Wildman–Crippen LogP) is 2.75. The number of nitrogens with one attached hydrogen (secondary N) is 2. The fourth-order valence-electron chi connectivity index (χ4n) is 3.57. The molecule has 7 heteroatoms. The van der Waals surface area contributed by atoms with Crippen molar-refractivity contribution in [3.05, 3.63) is 39.9 Å². The summed E-state index contributed by atoms with van der Waals surface area (Å²) in [5, 5.41) is 7.91. The van der Waals surface area contributed by atoms with Crippen LogP contribution in [-0.4, -0.2) is 42.0 Å². The van der Waals surface area contributed by atoms with Crippen LogP contribution in [0.15, 0.2) is 18.2 Å². The summed E-state index contributed by atoms with van der Waals surface area (Å²) < 4.78 is 5.66. The first kappa shape index (κ1) is 18.3. The van der Waals surface area contributed by atoms with Crippen molar-refractivity contribution in [2.75, 3.05) is 31.6 Å². The monoisotopic (exact) mass is 386 g/mol. The highest BCUT2D eigenvalue weighted by atomic mass is 32.1. The fraction of sp³-hybridized carbons (Fsp3) is 0.500. The number of hydrogen-bond donors (Lipinski definition) is 2. The summed E-state index contributed by atoms with van der Waals surface area (Å²) in [6.45, 7) is 7.74. The molecule has 1 amide bonds. The van der Waals surface area contributed by atoms with Crippen LogP contribution in [0.4, 0.5) is 5.13 Å². The molecule has 1 atom stereocenters. The third kappa shape index (κ3) is 4.09. The Morgan fingerprint density at radius 3 is 3.11 bits per heavy atom. The van der Waals surface area contributed by atoms with Gasteiger partial charge in [-0.3, -0.25) is 4.79 Å². The van der Waals surface area contributed by atoms with Crippen LogP contribution < -0.4 is 15.4 Å². The SMILES string of the molecule is CC(=O)N1CCc2nc(NCCNC(C)c3ccc4c(c3)OCC4)sc2C1. The quantitative estimate of drug-likeness (QED) is 0.748. The number of fused-ring (bicyclic) bond motifs is 2. The van der Waals surface area contributed by atoms with Crippen molar-refractivity contribution >= 4 is 22.4 Å². The van der Waals surface area contributed by atoms with Crippen LogP contribution >= 0.6 is 11.3 Å². The third-order valence-electron chi connectivity index (χ3n) is 5.25. The van der Waals surface area contributed by atoms with Gasteiger partial charge in [0.05, 0.1) is 18.8 Å². The maximum absolute atomic E-state index is 11.5. The average Bonchev–Trinajstić information content (AvgIpc) is 3.29. The Bertz CT molecular complexity index is 835. The Hall–Kier alpha value is -2.12. The fourth-order valence-corrected chi connectivity index (χ4v) is 4.62. The van der Waals surface area contributed by atoms with Crippen LogP contribution in [0.25, 0.3) is 0 Å². The lowest BCUT2D eigenvalue weighted by molar-refractivity contribution is -0.129. The number of hydrogen-bond acceptors (Lipinski definition) is 6. The van der Waals surface area contributed by atoms with Gasteiger partial charge >= 0.3 is 0 Å². The van der Waals surface area contributed by atoms with E-state index in [0.717, 1.165) is 55.7 Å². The van der Waals surface area contributed by atoms with Gasteiger partial charge in [-0.2, -0.15) is 0 Å². The van der Waals surface area contributed by atoms with Gasteiger partial charge in [-0.15, -0.1) is 0 Å². The number of rotatable bonds is 6. The third-order valence-corrected chi connectivity index (χ3v) is 6.29. The molecule has 6 nitrogen and oxygen atoms in total. The zero-order valence-corrected chi connectivity index (χ0v) is 16.7. The van der Waals surface area contributed by atoms with E-state index in [1.54, 1.807) is 18.3 Å².